The van der Waals surface area contributed by atoms with E-state index < -0.39 is 41.2 Å². The van der Waals surface area contributed by atoms with Gasteiger partial charge in [0.15, 0.2) is 5.82 Å². The molecule has 0 aromatic carbocycles. The van der Waals surface area contributed by atoms with Gasteiger partial charge in [-0.2, -0.15) is 18.2 Å². The van der Waals surface area contributed by atoms with Gasteiger partial charge in [-0.15, -0.1) is 21.1 Å². The molecule has 1 amide bonds. The Kier molecular flexibility index (Phi) is 5.17. The Labute approximate surface area is 166 Å². The summed E-state index contributed by atoms with van der Waals surface area (Å²) in [5, 5.41) is 5.67. The van der Waals surface area contributed by atoms with Crippen LogP contribution < -0.4 is 10.1 Å². The second-order valence-corrected chi connectivity index (χ2v) is 9.02. The van der Waals surface area contributed by atoms with E-state index >= 15 is 0 Å². The number of carbonyl (C=O) groups is 2. The molecule has 0 spiro atoms. The highest BCUT2D eigenvalue weighted by Crippen LogP contribution is 2.37. The quantitative estimate of drug-likeness (QED) is 0.742. The van der Waals surface area contributed by atoms with Crippen molar-refractivity contribution < 1.29 is 27.5 Å². The van der Waals surface area contributed by atoms with Crippen LogP contribution in [0.5, 0.6) is 6.01 Å². The summed E-state index contributed by atoms with van der Waals surface area (Å²) in [5.74, 6) is -3.44. The minimum Gasteiger partial charge on any atom is -0.458 e. The molecule has 2 aromatic rings. The summed E-state index contributed by atoms with van der Waals surface area (Å²) < 4.78 is 46.0. The molecule has 12 heteroatoms. The first-order valence-electron chi connectivity index (χ1n) is 8.14. The number of rotatable bonds is 4. The van der Waals surface area contributed by atoms with Gasteiger partial charge in [-0.3, -0.25) is 9.59 Å². The minimum absolute atomic E-state index is 0.00744. The summed E-state index contributed by atoms with van der Waals surface area (Å²) >= 11 is 7.10. The van der Waals surface area contributed by atoms with E-state index in [1.165, 1.54) is 11.3 Å². The number of β-lactam (4-membered cyclic amide) rings is 1. The number of nitrogens with one attached hydrogen (secondary N) is 1. The normalized spacial score (nSPS) is 19.9. The number of hydrogen-bond donors (Lipinski definition) is 1. The number of alkyl halides is 3. The Hall–Kier alpha value is -2.14. The van der Waals surface area contributed by atoms with Crippen molar-refractivity contribution in [3.63, 3.8) is 0 Å². The molecule has 2 unspecified atom stereocenters. The predicted octanol–water partition coefficient (Wildman–Crippen LogP) is 3.40. The van der Waals surface area contributed by atoms with E-state index in [1.807, 2.05) is 0 Å². The molecule has 0 aliphatic carbocycles. The molecule has 3 rings (SSSR count). The molecule has 0 radical (unpaired) electrons. The summed E-state index contributed by atoms with van der Waals surface area (Å²) in [7, 11) is 0. The molecular formula is C16H16ClF3N4O3S. The second kappa shape index (κ2) is 7.03. The van der Waals surface area contributed by atoms with Crippen molar-refractivity contribution in [2.24, 2.45) is 5.41 Å². The average Bonchev–Trinajstić information content (AvgIpc) is 3.14. The smallest absolute Gasteiger partial charge is 0.409 e. The van der Waals surface area contributed by atoms with E-state index in [2.05, 4.69) is 10.1 Å². The van der Waals surface area contributed by atoms with Gasteiger partial charge in [0.25, 0.3) is 5.91 Å². The zero-order chi connectivity index (χ0) is 20.9. The van der Waals surface area contributed by atoms with Crippen LogP contribution in [0.3, 0.4) is 0 Å². The van der Waals surface area contributed by atoms with Crippen molar-refractivity contribution >= 4 is 34.8 Å². The lowest BCUT2D eigenvalue weighted by Crippen LogP contribution is -2.63. The lowest BCUT2D eigenvalue weighted by Gasteiger charge is -2.35. The number of aromatic nitrogens is 3. The van der Waals surface area contributed by atoms with Gasteiger partial charge >= 0.3 is 12.2 Å². The van der Waals surface area contributed by atoms with E-state index in [4.69, 9.17) is 16.3 Å². The highest BCUT2D eigenvalue weighted by atomic mass is 35.5. The van der Waals surface area contributed by atoms with Crippen LogP contribution in [0.25, 0.3) is 0 Å². The summed E-state index contributed by atoms with van der Waals surface area (Å²) in [5.41, 5.74) is -0.902. The summed E-state index contributed by atoms with van der Waals surface area (Å²) in [6.45, 7) is 4.85. The average molecular weight is 437 g/mol. The van der Waals surface area contributed by atoms with Gasteiger partial charge in [-0.05, 0) is 12.1 Å². The van der Waals surface area contributed by atoms with Crippen molar-refractivity contribution in [2.45, 2.75) is 45.5 Å². The first kappa shape index (κ1) is 20.6. The van der Waals surface area contributed by atoms with Crippen molar-refractivity contribution in [2.75, 3.05) is 0 Å². The molecule has 1 saturated heterocycles. The maximum absolute atomic E-state index is 13.1. The first-order chi connectivity index (χ1) is 12.9. The van der Waals surface area contributed by atoms with E-state index in [0.717, 1.165) is 9.56 Å². The lowest BCUT2D eigenvalue weighted by atomic mass is 9.89. The topological polar surface area (TPSA) is 86.1 Å². The maximum Gasteiger partial charge on any atom is 0.409 e. The fraction of sp³-hybridized carbons (Fsp3) is 0.500. The van der Waals surface area contributed by atoms with Crippen LogP contribution in [0.2, 0.25) is 4.34 Å². The molecule has 0 saturated carbocycles. The molecule has 0 bridgehead atoms. The van der Waals surface area contributed by atoms with Gasteiger partial charge in [0, 0.05) is 10.3 Å². The van der Waals surface area contributed by atoms with Gasteiger partial charge in [0.05, 0.1) is 4.34 Å². The Bertz CT molecular complexity index is 919. The number of ether oxygens (including phenoxy) is 1. The molecule has 1 aliphatic heterocycles. The van der Waals surface area contributed by atoms with E-state index in [1.54, 1.807) is 38.2 Å². The van der Waals surface area contributed by atoms with Crippen LogP contribution in [-0.2, 0) is 11.4 Å². The summed E-state index contributed by atoms with van der Waals surface area (Å²) in [4.78, 5) is 29.0. The van der Waals surface area contributed by atoms with Gasteiger partial charge in [-0.1, -0.05) is 32.4 Å². The molecule has 1 aliphatic rings. The molecular weight excluding hydrogens is 421 g/mol. The van der Waals surface area contributed by atoms with Gasteiger partial charge in [0.2, 0.25) is 5.91 Å². The lowest BCUT2D eigenvalue weighted by molar-refractivity contribution is -0.185. The fourth-order valence-electron chi connectivity index (χ4n) is 2.47. The number of hydrogen-bond acceptors (Lipinski definition) is 6. The van der Waals surface area contributed by atoms with Crippen molar-refractivity contribution in [3.05, 3.63) is 27.2 Å². The number of thiophene rings is 1. The largest absolute Gasteiger partial charge is 0.458 e. The molecule has 2 atom stereocenters. The number of halogens is 4. The molecule has 3 heterocycles. The third-order valence-corrected chi connectivity index (χ3v) is 5.15. The fourth-order valence-corrected chi connectivity index (χ4v) is 3.47. The Morgan fingerprint density at radius 2 is 2.04 bits per heavy atom. The number of carbonyl (C=O) groups excluding carboxylic acids is 2. The zero-order valence-electron chi connectivity index (χ0n) is 15.0. The van der Waals surface area contributed by atoms with Crippen molar-refractivity contribution in [1.29, 1.82) is 0 Å². The summed E-state index contributed by atoms with van der Waals surface area (Å²) in [6, 6.07) is 0.984. The van der Waals surface area contributed by atoms with E-state index in [9.17, 15) is 22.8 Å². The van der Waals surface area contributed by atoms with Crippen molar-refractivity contribution in [3.8, 4) is 6.01 Å². The Balaban J connectivity index is 1.93. The van der Waals surface area contributed by atoms with Crippen LogP contribution >= 0.6 is 22.9 Å². The number of nitrogens with zero attached hydrogens (tertiary/aromatic N) is 3. The Morgan fingerprint density at radius 3 is 2.54 bits per heavy atom. The molecule has 1 fully saturated rings. The number of amides is 1. The highest BCUT2D eigenvalue weighted by molar-refractivity contribution is 7.16. The van der Waals surface area contributed by atoms with Crippen LogP contribution in [0, 0.1) is 5.41 Å². The third-order valence-electron chi connectivity index (χ3n) is 3.94. The minimum atomic E-state index is -4.66. The van der Waals surface area contributed by atoms with Crippen molar-refractivity contribution in [1.82, 2.24) is 20.1 Å². The van der Waals surface area contributed by atoms with Crippen LogP contribution in [0.15, 0.2) is 12.1 Å². The zero-order valence-corrected chi connectivity index (χ0v) is 16.6. The van der Waals surface area contributed by atoms with Gasteiger partial charge < -0.3 is 10.1 Å². The standard InChI is InChI=1S/C16H16ClF3N4O3S/c1-15(2,3)13(26)24-14(27-6-7-4-5-8(17)28-7)22-11(23-24)9-10(16(18,19)20)21-12(9)25/h4-5,9-10H,6H2,1-3H3,(H,21,25). The predicted molar refractivity (Wildman–Crippen MR) is 94.5 cm³/mol. The molecule has 2 aromatic heterocycles. The van der Waals surface area contributed by atoms with Gasteiger partial charge in [-0.25, -0.2) is 0 Å². The van der Waals surface area contributed by atoms with Crippen LogP contribution in [0.4, 0.5) is 13.2 Å². The summed E-state index contributed by atoms with van der Waals surface area (Å²) in [6.07, 6.45) is -4.66. The highest BCUT2D eigenvalue weighted by Gasteiger charge is 2.57. The third kappa shape index (κ3) is 4.00. The van der Waals surface area contributed by atoms with Crippen LogP contribution in [-0.4, -0.2) is 38.8 Å². The van der Waals surface area contributed by atoms with Gasteiger partial charge in [0.1, 0.15) is 18.6 Å². The molecule has 152 valence electrons. The first-order valence-corrected chi connectivity index (χ1v) is 9.33. The SMILES string of the molecule is CC(C)(C)C(=O)n1nc(C2C(=O)NC2C(F)(F)F)nc1OCc1ccc(Cl)s1. The van der Waals surface area contributed by atoms with E-state index in [-0.39, 0.29) is 12.6 Å². The van der Waals surface area contributed by atoms with E-state index in [0.29, 0.717) is 4.34 Å². The van der Waals surface area contributed by atoms with Crippen LogP contribution in [0.1, 0.15) is 42.2 Å². The Morgan fingerprint density at radius 1 is 1.36 bits per heavy atom. The molecule has 28 heavy (non-hydrogen) atoms. The maximum atomic E-state index is 13.1. The molecule has 7 nitrogen and oxygen atoms in total. The second-order valence-electron chi connectivity index (χ2n) is 7.22. The molecule has 1 N–H and O–H groups in total. The monoisotopic (exact) mass is 436 g/mol.